The number of thioether (sulfide) groups is 1. The van der Waals surface area contributed by atoms with Crippen molar-refractivity contribution in [1.82, 2.24) is 10.3 Å². The van der Waals surface area contributed by atoms with Crippen LogP contribution in [0.5, 0.6) is 5.75 Å². The molecule has 0 unspecified atom stereocenters. The molecule has 0 saturated heterocycles. The molecule has 0 saturated carbocycles. The second-order valence-electron chi connectivity index (χ2n) is 4.55. The normalized spacial score (nSPS) is 11.1. The second-order valence-corrected chi connectivity index (χ2v) is 7.25. The van der Waals surface area contributed by atoms with Gasteiger partial charge in [-0.3, -0.25) is 10.2 Å². The molecule has 0 fully saturated rings. The van der Waals surface area contributed by atoms with Crippen LogP contribution in [0.15, 0.2) is 58.3 Å². The predicted octanol–water partition coefficient (Wildman–Crippen LogP) is 1.94. The van der Waals surface area contributed by atoms with Crippen LogP contribution in [0.4, 0.5) is 4.39 Å². The molecule has 0 aliphatic heterocycles. The summed E-state index contributed by atoms with van der Waals surface area (Å²) in [5, 5.41) is 0. The minimum atomic E-state index is -3.89. The minimum absolute atomic E-state index is 0.0228. The van der Waals surface area contributed by atoms with Crippen LogP contribution in [0.2, 0.25) is 0 Å². The van der Waals surface area contributed by atoms with Crippen molar-refractivity contribution in [3.05, 3.63) is 54.3 Å². The van der Waals surface area contributed by atoms with Crippen molar-refractivity contribution in [3.63, 3.8) is 0 Å². The molecule has 0 aliphatic rings. The van der Waals surface area contributed by atoms with E-state index in [1.54, 1.807) is 12.1 Å². The molecule has 0 bridgehead atoms. The van der Waals surface area contributed by atoms with Gasteiger partial charge in [0.05, 0.1) is 17.8 Å². The monoisotopic (exact) mass is 370 g/mol. The van der Waals surface area contributed by atoms with E-state index in [2.05, 4.69) is 5.43 Å². The first-order valence-electron chi connectivity index (χ1n) is 6.74. The number of halogens is 1. The maximum atomic E-state index is 13.4. The van der Waals surface area contributed by atoms with Crippen molar-refractivity contribution >= 4 is 27.7 Å². The van der Waals surface area contributed by atoms with Crippen molar-refractivity contribution in [3.8, 4) is 5.75 Å². The Hall–Kier alpha value is -2.10. The van der Waals surface area contributed by atoms with E-state index in [-0.39, 0.29) is 10.6 Å². The number of sulfonamides is 1. The first-order valence-corrected chi connectivity index (χ1v) is 9.21. The first kappa shape index (κ1) is 18.2. The van der Waals surface area contributed by atoms with Gasteiger partial charge in [-0.05, 0) is 36.4 Å². The fraction of sp³-hybridized carbons (Fsp3) is 0.133. The van der Waals surface area contributed by atoms with E-state index in [1.165, 1.54) is 43.5 Å². The fourth-order valence-electron chi connectivity index (χ4n) is 1.68. The molecule has 6 nitrogen and oxygen atoms in total. The summed E-state index contributed by atoms with van der Waals surface area (Å²) in [5.41, 5.74) is 2.09. The van der Waals surface area contributed by atoms with Gasteiger partial charge in [0, 0.05) is 4.90 Å². The average molecular weight is 370 g/mol. The Bertz CT molecular complexity index is 810. The van der Waals surface area contributed by atoms with Gasteiger partial charge in [0.25, 0.3) is 10.0 Å². The van der Waals surface area contributed by atoms with Gasteiger partial charge in [0.15, 0.2) is 0 Å². The predicted molar refractivity (Wildman–Crippen MR) is 88.6 cm³/mol. The van der Waals surface area contributed by atoms with Crippen molar-refractivity contribution < 1.29 is 22.3 Å². The van der Waals surface area contributed by atoms with Crippen molar-refractivity contribution in [2.24, 2.45) is 0 Å². The summed E-state index contributed by atoms with van der Waals surface area (Å²) in [6.45, 7) is 0. The molecule has 2 N–H and O–H groups in total. The summed E-state index contributed by atoms with van der Waals surface area (Å²) in [6, 6.07) is 11.7. The lowest BCUT2D eigenvalue weighted by atomic mass is 10.3. The third kappa shape index (κ3) is 4.95. The van der Waals surface area contributed by atoms with E-state index in [9.17, 15) is 17.6 Å². The van der Waals surface area contributed by atoms with E-state index in [0.717, 1.165) is 11.8 Å². The van der Waals surface area contributed by atoms with Gasteiger partial charge in [0.1, 0.15) is 11.6 Å². The number of carbonyl (C=O) groups excluding carboxylic acids is 1. The van der Waals surface area contributed by atoms with Gasteiger partial charge in [-0.2, -0.15) is 0 Å². The number of hydrogen-bond acceptors (Lipinski definition) is 5. The van der Waals surface area contributed by atoms with Gasteiger partial charge >= 0.3 is 0 Å². The summed E-state index contributed by atoms with van der Waals surface area (Å²) in [5.74, 6) is -0.653. The van der Waals surface area contributed by atoms with Crippen molar-refractivity contribution in [2.45, 2.75) is 9.79 Å². The van der Waals surface area contributed by atoms with Crippen LogP contribution in [-0.4, -0.2) is 27.2 Å². The molecule has 0 radical (unpaired) electrons. The number of carbonyl (C=O) groups is 1. The SMILES string of the molecule is COc1ccc(S(=O)(=O)NNC(=O)CSc2ccccc2F)cc1. The van der Waals surface area contributed by atoms with Crippen LogP contribution in [0.3, 0.4) is 0 Å². The molecular formula is C15H15FN2O4S2. The average Bonchev–Trinajstić information content (AvgIpc) is 2.59. The summed E-state index contributed by atoms with van der Waals surface area (Å²) >= 11 is 0.968. The molecule has 0 atom stereocenters. The van der Waals surface area contributed by atoms with E-state index >= 15 is 0 Å². The maximum Gasteiger partial charge on any atom is 0.257 e. The Morgan fingerprint density at radius 2 is 1.83 bits per heavy atom. The smallest absolute Gasteiger partial charge is 0.257 e. The molecule has 0 aliphatic carbocycles. The van der Waals surface area contributed by atoms with Gasteiger partial charge in [-0.15, -0.1) is 16.6 Å². The summed E-state index contributed by atoms with van der Waals surface area (Å²) in [6.07, 6.45) is 0. The Morgan fingerprint density at radius 3 is 2.46 bits per heavy atom. The summed E-state index contributed by atoms with van der Waals surface area (Å²) < 4.78 is 42.4. The van der Waals surface area contributed by atoms with Gasteiger partial charge in [-0.1, -0.05) is 12.1 Å². The lowest BCUT2D eigenvalue weighted by molar-refractivity contribution is -0.119. The van der Waals surface area contributed by atoms with Crippen LogP contribution in [0.25, 0.3) is 0 Å². The van der Waals surface area contributed by atoms with Crippen LogP contribution >= 0.6 is 11.8 Å². The molecule has 128 valence electrons. The molecule has 9 heteroatoms. The number of methoxy groups -OCH3 is 1. The van der Waals surface area contributed by atoms with E-state index in [1.807, 2.05) is 4.83 Å². The zero-order valence-corrected chi connectivity index (χ0v) is 14.3. The van der Waals surface area contributed by atoms with Crippen LogP contribution < -0.4 is 15.0 Å². The van der Waals surface area contributed by atoms with Crippen molar-refractivity contribution in [2.75, 3.05) is 12.9 Å². The summed E-state index contributed by atoms with van der Waals surface area (Å²) in [7, 11) is -2.42. The Morgan fingerprint density at radius 1 is 1.17 bits per heavy atom. The van der Waals surface area contributed by atoms with Gasteiger partial charge in [0.2, 0.25) is 5.91 Å². The van der Waals surface area contributed by atoms with E-state index in [4.69, 9.17) is 4.74 Å². The van der Waals surface area contributed by atoms with Crippen LogP contribution in [-0.2, 0) is 14.8 Å². The van der Waals surface area contributed by atoms with Crippen LogP contribution in [0.1, 0.15) is 0 Å². The Kier molecular flexibility index (Phi) is 6.18. The highest BCUT2D eigenvalue weighted by atomic mass is 32.2. The molecular weight excluding hydrogens is 355 g/mol. The lowest BCUT2D eigenvalue weighted by Crippen LogP contribution is -2.42. The zero-order chi connectivity index (χ0) is 17.6. The molecule has 24 heavy (non-hydrogen) atoms. The standard InChI is InChI=1S/C15H15FN2O4S2/c1-22-11-6-8-12(9-7-11)24(20,21)18-17-15(19)10-23-14-5-3-2-4-13(14)16/h2-9,18H,10H2,1H3,(H,17,19). The first-order chi connectivity index (χ1) is 11.4. The Labute approximate surface area is 143 Å². The second kappa shape index (κ2) is 8.13. The third-order valence-electron chi connectivity index (χ3n) is 2.89. The molecule has 2 aromatic carbocycles. The van der Waals surface area contributed by atoms with Gasteiger partial charge < -0.3 is 4.74 Å². The fourth-order valence-corrected chi connectivity index (χ4v) is 3.28. The number of ether oxygens (including phenoxy) is 1. The topological polar surface area (TPSA) is 84.5 Å². The molecule has 2 aromatic rings. The largest absolute Gasteiger partial charge is 0.497 e. The highest BCUT2D eigenvalue weighted by molar-refractivity contribution is 8.00. The van der Waals surface area contributed by atoms with Crippen molar-refractivity contribution in [1.29, 1.82) is 0 Å². The zero-order valence-electron chi connectivity index (χ0n) is 12.7. The minimum Gasteiger partial charge on any atom is -0.497 e. The number of benzene rings is 2. The van der Waals surface area contributed by atoms with E-state index in [0.29, 0.717) is 10.6 Å². The molecule has 0 aromatic heterocycles. The van der Waals surface area contributed by atoms with E-state index < -0.39 is 21.7 Å². The number of nitrogens with one attached hydrogen (secondary N) is 2. The molecule has 0 spiro atoms. The number of hydrazine groups is 1. The molecule has 1 amide bonds. The number of rotatable bonds is 7. The number of hydrogen-bond donors (Lipinski definition) is 2. The molecule has 0 heterocycles. The molecule has 2 rings (SSSR count). The highest BCUT2D eigenvalue weighted by Crippen LogP contribution is 2.20. The third-order valence-corrected chi connectivity index (χ3v) is 5.20. The Balaban J connectivity index is 1.89. The van der Waals surface area contributed by atoms with Gasteiger partial charge in [-0.25, -0.2) is 12.8 Å². The maximum absolute atomic E-state index is 13.4. The van der Waals surface area contributed by atoms with Crippen LogP contribution in [0, 0.1) is 5.82 Å². The lowest BCUT2D eigenvalue weighted by Gasteiger charge is -2.09. The quantitative estimate of drug-likeness (QED) is 0.575. The summed E-state index contributed by atoms with van der Waals surface area (Å²) in [4.78, 5) is 14.0. The number of amides is 1. The highest BCUT2D eigenvalue weighted by Gasteiger charge is 2.15.